The summed E-state index contributed by atoms with van der Waals surface area (Å²) in [5, 5.41) is 0.686. The number of sulfonamides is 1. The van der Waals surface area contributed by atoms with Gasteiger partial charge in [-0.1, -0.05) is 30.7 Å². The number of halogens is 1. The molecular weight excluding hydrogens is 322 g/mol. The molecule has 1 aromatic carbocycles. The fraction of sp³-hybridized carbons (Fsp3) is 0.625. The van der Waals surface area contributed by atoms with Gasteiger partial charge in [-0.15, -0.1) is 0 Å². The van der Waals surface area contributed by atoms with Gasteiger partial charge >= 0.3 is 0 Å². The lowest BCUT2D eigenvalue weighted by Crippen LogP contribution is -2.41. The van der Waals surface area contributed by atoms with Crippen molar-refractivity contribution in [2.75, 3.05) is 26.0 Å². The molecule has 6 heteroatoms. The Morgan fingerprint density at radius 3 is 2.50 bits per heavy atom. The Morgan fingerprint density at radius 1 is 1.32 bits per heavy atom. The van der Waals surface area contributed by atoms with Crippen molar-refractivity contribution in [3.63, 3.8) is 0 Å². The van der Waals surface area contributed by atoms with Gasteiger partial charge in [-0.2, -0.15) is 0 Å². The fourth-order valence-electron chi connectivity index (χ4n) is 2.74. The van der Waals surface area contributed by atoms with Gasteiger partial charge in [-0.05, 0) is 42.9 Å². The highest BCUT2D eigenvalue weighted by molar-refractivity contribution is 7.89. The van der Waals surface area contributed by atoms with Crippen LogP contribution in [0, 0.1) is 5.92 Å². The van der Waals surface area contributed by atoms with Crippen LogP contribution in [0.3, 0.4) is 0 Å². The summed E-state index contributed by atoms with van der Waals surface area (Å²) in [6.45, 7) is 5.20. The van der Waals surface area contributed by atoms with E-state index in [4.69, 9.17) is 16.3 Å². The smallest absolute Gasteiger partial charge is 0.214 e. The normalized spacial score (nSPS) is 22.0. The predicted molar refractivity (Wildman–Crippen MR) is 89.8 cm³/mol. The Hall–Kier alpha value is -0.620. The summed E-state index contributed by atoms with van der Waals surface area (Å²) in [5.41, 5.74) is 1.09. The highest BCUT2D eigenvalue weighted by Gasteiger charge is 2.31. The second-order valence-electron chi connectivity index (χ2n) is 6.11. The molecule has 4 nitrogen and oxygen atoms in total. The number of hydrogen-bond donors (Lipinski definition) is 0. The highest BCUT2D eigenvalue weighted by Crippen LogP contribution is 2.26. The topological polar surface area (TPSA) is 46.6 Å². The predicted octanol–water partition coefficient (Wildman–Crippen LogP) is 3.13. The average molecular weight is 346 g/mol. The molecule has 1 aliphatic heterocycles. The maximum atomic E-state index is 12.6. The summed E-state index contributed by atoms with van der Waals surface area (Å²) < 4.78 is 31.9. The lowest BCUT2D eigenvalue weighted by atomic mass is 9.95. The van der Waals surface area contributed by atoms with Crippen LogP contribution in [0.15, 0.2) is 24.3 Å². The molecule has 1 fully saturated rings. The number of benzene rings is 1. The third kappa shape index (κ3) is 4.22. The quantitative estimate of drug-likeness (QED) is 0.795. The van der Waals surface area contributed by atoms with Crippen molar-refractivity contribution in [2.45, 2.75) is 32.2 Å². The van der Waals surface area contributed by atoms with Gasteiger partial charge in [0, 0.05) is 24.7 Å². The molecule has 1 saturated heterocycles. The lowest BCUT2D eigenvalue weighted by molar-refractivity contribution is 0.188. The molecule has 0 spiro atoms. The molecule has 0 saturated carbocycles. The van der Waals surface area contributed by atoms with E-state index in [0.717, 1.165) is 12.0 Å². The summed E-state index contributed by atoms with van der Waals surface area (Å²) in [7, 11) is -1.61. The molecule has 0 bridgehead atoms. The molecule has 0 N–H and O–H groups in total. The largest absolute Gasteiger partial charge is 0.381 e. The van der Waals surface area contributed by atoms with Gasteiger partial charge in [0.25, 0.3) is 0 Å². The van der Waals surface area contributed by atoms with Crippen LogP contribution in [0.2, 0.25) is 5.02 Å². The SMILES string of the molecule is CC(c1ccc(Cl)cc1)C(C)N(C)S(=O)(=O)CC1CCOC1. The van der Waals surface area contributed by atoms with E-state index in [2.05, 4.69) is 0 Å². The number of rotatable bonds is 6. The molecule has 0 amide bonds. The Kier molecular flexibility index (Phi) is 5.88. The van der Waals surface area contributed by atoms with Crippen LogP contribution >= 0.6 is 11.6 Å². The zero-order chi connectivity index (χ0) is 16.3. The summed E-state index contributed by atoms with van der Waals surface area (Å²) in [6, 6.07) is 7.46. The van der Waals surface area contributed by atoms with Crippen LogP contribution in [0.4, 0.5) is 0 Å². The third-order valence-electron chi connectivity index (χ3n) is 4.60. The maximum absolute atomic E-state index is 12.6. The molecule has 0 radical (unpaired) electrons. The molecule has 0 aromatic heterocycles. The van der Waals surface area contributed by atoms with E-state index in [9.17, 15) is 8.42 Å². The molecule has 1 aromatic rings. The lowest BCUT2D eigenvalue weighted by Gasteiger charge is -2.30. The van der Waals surface area contributed by atoms with Crippen LogP contribution in [-0.4, -0.2) is 44.8 Å². The van der Waals surface area contributed by atoms with Crippen molar-refractivity contribution in [1.82, 2.24) is 4.31 Å². The van der Waals surface area contributed by atoms with Gasteiger partial charge in [0.05, 0.1) is 12.4 Å². The van der Waals surface area contributed by atoms with Gasteiger partial charge in [-0.3, -0.25) is 0 Å². The first kappa shape index (κ1) is 17.7. The standard InChI is InChI=1S/C16H24ClNO3S/c1-12(15-4-6-16(17)7-5-15)13(2)18(3)22(19,20)11-14-8-9-21-10-14/h4-7,12-14H,8-11H2,1-3H3. The first-order valence-corrected chi connectivity index (χ1v) is 9.59. The summed E-state index contributed by atoms with van der Waals surface area (Å²) in [4.78, 5) is 0. The minimum Gasteiger partial charge on any atom is -0.381 e. The second-order valence-corrected chi connectivity index (χ2v) is 8.61. The molecule has 0 aliphatic carbocycles. The van der Waals surface area contributed by atoms with Crippen LogP contribution in [-0.2, 0) is 14.8 Å². The first-order chi connectivity index (χ1) is 10.3. The van der Waals surface area contributed by atoms with Crippen LogP contribution in [0.25, 0.3) is 0 Å². The van der Waals surface area contributed by atoms with Crippen molar-refractivity contribution in [3.8, 4) is 0 Å². The Labute approximate surface area is 138 Å². The zero-order valence-corrected chi connectivity index (χ0v) is 14.9. The molecular formula is C16H24ClNO3S. The van der Waals surface area contributed by atoms with Gasteiger partial charge in [0.15, 0.2) is 0 Å². The second kappa shape index (κ2) is 7.30. The van der Waals surface area contributed by atoms with Crippen molar-refractivity contribution in [3.05, 3.63) is 34.9 Å². The molecule has 124 valence electrons. The van der Waals surface area contributed by atoms with E-state index in [0.29, 0.717) is 18.2 Å². The molecule has 1 heterocycles. The summed E-state index contributed by atoms with van der Waals surface area (Å²) in [6.07, 6.45) is 0.828. The van der Waals surface area contributed by atoms with E-state index in [1.54, 1.807) is 7.05 Å². The molecule has 2 rings (SSSR count). The van der Waals surface area contributed by atoms with E-state index < -0.39 is 10.0 Å². The highest BCUT2D eigenvalue weighted by atomic mass is 35.5. The Morgan fingerprint density at radius 2 is 1.95 bits per heavy atom. The summed E-state index contributed by atoms with van der Waals surface area (Å²) in [5.74, 6) is 0.378. The average Bonchev–Trinajstić information content (AvgIpc) is 2.98. The number of nitrogens with zero attached hydrogens (tertiary/aromatic N) is 1. The molecule has 3 unspecified atom stereocenters. The molecule has 22 heavy (non-hydrogen) atoms. The van der Waals surface area contributed by atoms with Crippen LogP contribution in [0.1, 0.15) is 31.7 Å². The van der Waals surface area contributed by atoms with E-state index in [-0.39, 0.29) is 23.6 Å². The third-order valence-corrected chi connectivity index (χ3v) is 6.96. The molecule has 1 aliphatic rings. The van der Waals surface area contributed by atoms with E-state index in [1.807, 2.05) is 38.1 Å². The molecule has 3 atom stereocenters. The van der Waals surface area contributed by atoms with Crippen molar-refractivity contribution in [1.29, 1.82) is 0 Å². The minimum atomic E-state index is -3.28. The van der Waals surface area contributed by atoms with Crippen LogP contribution < -0.4 is 0 Å². The van der Waals surface area contributed by atoms with Crippen molar-refractivity contribution >= 4 is 21.6 Å². The van der Waals surface area contributed by atoms with E-state index >= 15 is 0 Å². The van der Waals surface area contributed by atoms with Gasteiger partial charge in [0.2, 0.25) is 10.0 Å². The van der Waals surface area contributed by atoms with Crippen molar-refractivity contribution in [2.24, 2.45) is 5.92 Å². The minimum absolute atomic E-state index is 0.0943. The van der Waals surface area contributed by atoms with E-state index in [1.165, 1.54) is 4.31 Å². The number of hydrogen-bond acceptors (Lipinski definition) is 3. The van der Waals surface area contributed by atoms with Gasteiger partial charge in [0.1, 0.15) is 0 Å². The maximum Gasteiger partial charge on any atom is 0.214 e. The fourth-order valence-corrected chi connectivity index (χ4v) is 4.65. The van der Waals surface area contributed by atoms with Crippen LogP contribution in [0.5, 0.6) is 0 Å². The van der Waals surface area contributed by atoms with Crippen molar-refractivity contribution < 1.29 is 13.2 Å². The van der Waals surface area contributed by atoms with Gasteiger partial charge in [-0.25, -0.2) is 12.7 Å². The Bertz CT molecular complexity index is 582. The summed E-state index contributed by atoms with van der Waals surface area (Å²) >= 11 is 5.91. The zero-order valence-electron chi connectivity index (χ0n) is 13.3. The Balaban J connectivity index is 2.06. The number of ether oxygens (including phenoxy) is 1. The number of likely N-dealkylation sites (N-methyl/N-ethyl adjacent to an activating group) is 1. The van der Waals surface area contributed by atoms with Gasteiger partial charge < -0.3 is 4.74 Å². The first-order valence-electron chi connectivity index (χ1n) is 7.60. The monoisotopic (exact) mass is 345 g/mol.